The summed E-state index contributed by atoms with van der Waals surface area (Å²) in [6.07, 6.45) is 1.52. The molecule has 1 amide bonds. The zero-order chi connectivity index (χ0) is 16.3. The molecule has 1 N–H and O–H groups in total. The Morgan fingerprint density at radius 2 is 2.09 bits per heavy atom. The lowest BCUT2D eigenvalue weighted by molar-refractivity contribution is -0.384. The predicted octanol–water partition coefficient (Wildman–Crippen LogP) is 2.47. The van der Waals surface area contributed by atoms with E-state index in [1.165, 1.54) is 20.1 Å². The molecule has 0 saturated carbocycles. The molecule has 0 radical (unpaired) electrons. The summed E-state index contributed by atoms with van der Waals surface area (Å²) in [4.78, 5) is 24.0. The Labute approximate surface area is 136 Å². The van der Waals surface area contributed by atoms with E-state index in [0.29, 0.717) is 29.0 Å². The average Bonchev–Trinajstić information content (AvgIpc) is 2.47. The molecule has 1 aromatic rings. The van der Waals surface area contributed by atoms with Crippen molar-refractivity contribution in [2.45, 2.75) is 25.8 Å². The molecule has 0 aliphatic carbocycles. The molecular weight excluding hydrogens is 354 g/mol. The molecule has 1 saturated heterocycles. The van der Waals surface area contributed by atoms with Crippen molar-refractivity contribution in [1.29, 1.82) is 0 Å². The molecule has 120 valence electrons. The highest BCUT2D eigenvalue weighted by atomic mass is 79.9. The Hall–Kier alpha value is -1.83. The fraction of sp³-hybridized carbons (Fsp3) is 0.500. The van der Waals surface area contributed by atoms with Gasteiger partial charge in [-0.25, -0.2) is 0 Å². The van der Waals surface area contributed by atoms with E-state index in [0.717, 1.165) is 12.8 Å². The maximum absolute atomic E-state index is 11.3. The molecule has 1 heterocycles. The third-order valence-electron chi connectivity index (χ3n) is 3.69. The minimum atomic E-state index is -0.389. The van der Waals surface area contributed by atoms with Crippen molar-refractivity contribution in [3.8, 4) is 5.75 Å². The first-order chi connectivity index (χ1) is 10.4. The first-order valence-corrected chi connectivity index (χ1v) is 7.75. The van der Waals surface area contributed by atoms with Crippen LogP contribution in [0.1, 0.15) is 19.8 Å². The largest absolute Gasteiger partial charge is 0.495 e. The zero-order valence-electron chi connectivity index (χ0n) is 12.5. The van der Waals surface area contributed by atoms with Crippen molar-refractivity contribution in [2.24, 2.45) is 0 Å². The maximum Gasteiger partial charge on any atom is 0.293 e. The van der Waals surface area contributed by atoms with Gasteiger partial charge in [0, 0.05) is 38.2 Å². The normalized spacial score (nSPS) is 15.5. The number of amides is 1. The quantitative estimate of drug-likeness (QED) is 0.648. The highest BCUT2D eigenvalue weighted by molar-refractivity contribution is 9.10. The predicted molar refractivity (Wildman–Crippen MR) is 86.4 cm³/mol. The molecule has 0 atom stereocenters. The Morgan fingerprint density at radius 1 is 1.45 bits per heavy atom. The maximum atomic E-state index is 11.3. The minimum Gasteiger partial charge on any atom is -0.495 e. The lowest BCUT2D eigenvalue weighted by atomic mass is 10.0. The van der Waals surface area contributed by atoms with Crippen LogP contribution in [0.25, 0.3) is 0 Å². The number of nitro groups is 1. The molecule has 0 unspecified atom stereocenters. The smallest absolute Gasteiger partial charge is 0.293 e. The van der Waals surface area contributed by atoms with E-state index in [-0.39, 0.29) is 22.6 Å². The SMILES string of the molecule is COc1cc(N2CCC(NC(C)=O)CC2)c([N+](=O)[O-])cc1Br. The van der Waals surface area contributed by atoms with Crippen LogP contribution in [-0.2, 0) is 4.79 Å². The number of anilines is 1. The highest BCUT2D eigenvalue weighted by Gasteiger charge is 2.26. The topological polar surface area (TPSA) is 84.7 Å². The van der Waals surface area contributed by atoms with Crippen LogP contribution in [0, 0.1) is 10.1 Å². The van der Waals surface area contributed by atoms with Crippen LogP contribution in [-0.4, -0.2) is 37.1 Å². The standard InChI is InChI=1S/C14H18BrN3O4/c1-9(19)16-10-3-5-17(6-4-10)12-8-14(22-2)11(15)7-13(12)18(20)21/h7-8,10H,3-6H2,1-2H3,(H,16,19). The molecular formula is C14H18BrN3O4. The van der Waals surface area contributed by atoms with Crippen molar-refractivity contribution in [1.82, 2.24) is 5.32 Å². The number of hydrogen-bond acceptors (Lipinski definition) is 5. The number of nitro benzene ring substituents is 1. The van der Waals surface area contributed by atoms with E-state index in [9.17, 15) is 14.9 Å². The van der Waals surface area contributed by atoms with Gasteiger partial charge in [-0.2, -0.15) is 0 Å². The second kappa shape index (κ2) is 6.95. The molecule has 1 aliphatic heterocycles. The molecule has 8 heteroatoms. The minimum absolute atomic E-state index is 0.0465. The molecule has 0 spiro atoms. The molecule has 0 aromatic heterocycles. The van der Waals surface area contributed by atoms with Gasteiger partial charge in [0.2, 0.25) is 5.91 Å². The van der Waals surface area contributed by atoms with Crippen LogP contribution in [0.5, 0.6) is 5.75 Å². The zero-order valence-corrected chi connectivity index (χ0v) is 14.1. The lowest BCUT2D eigenvalue weighted by Gasteiger charge is -2.33. The van der Waals surface area contributed by atoms with Gasteiger partial charge < -0.3 is 15.0 Å². The molecule has 2 rings (SSSR count). The summed E-state index contributed by atoms with van der Waals surface area (Å²) >= 11 is 3.28. The van der Waals surface area contributed by atoms with Gasteiger partial charge in [-0.1, -0.05) is 0 Å². The van der Waals surface area contributed by atoms with Crippen LogP contribution in [0.2, 0.25) is 0 Å². The van der Waals surface area contributed by atoms with E-state index in [2.05, 4.69) is 21.2 Å². The Morgan fingerprint density at radius 3 is 2.59 bits per heavy atom. The second-order valence-electron chi connectivity index (χ2n) is 5.19. The highest BCUT2D eigenvalue weighted by Crippen LogP contribution is 2.38. The van der Waals surface area contributed by atoms with Gasteiger partial charge in [0.25, 0.3) is 5.69 Å². The molecule has 1 aromatic carbocycles. The van der Waals surface area contributed by atoms with E-state index >= 15 is 0 Å². The van der Waals surface area contributed by atoms with Crippen molar-refractivity contribution in [3.05, 3.63) is 26.7 Å². The van der Waals surface area contributed by atoms with E-state index in [4.69, 9.17) is 4.74 Å². The number of halogens is 1. The van der Waals surface area contributed by atoms with Crippen molar-refractivity contribution < 1.29 is 14.5 Å². The first-order valence-electron chi connectivity index (χ1n) is 6.96. The van der Waals surface area contributed by atoms with Gasteiger partial charge in [0.05, 0.1) is 16.5 Å². The number of nitrogens with zero attached hydrogens (tertiary/aromatic N) is 2. The van der Waals surface area contributed by atoms with Gasteiger partial charge >= 0.3 is 0 Å². The average molecular weight is 372 g/mol. The summed E-state index contributed by atoms with van der Waals surface area (Å²) in [6, 6.07) is 3.28. The number of hydrogen-bond donors (Lipinski definition) is 1. The lowest BCUT2D eigenvalue weighted by Crippen LogP contribution is -2.44. The Kier molecular flexibility index (Phi) is 5.23. The van der Waals surface area contributed by atoms with Crippen LogP contribution < -0.4 is 15.0 Å². The number of carbonyl (C=O) groups excluding carboxylic acids is 1. The fourth-order valence-corrected chi connectivity index (χ4v) is 3.13. The number of benzene rings is 1. The molecule has 1 aliphatic rings. The van der Waals surface area contributed by atoms with Gasteiger partial charge in [-0.05, 0) is 28.8 Å². The number of nitrogens with one attached hydrogen (secondary N) is 1. The van der Waals surface area contributed by atoms with Crippen molar-refractivity contribution in [2.75, 3.05) is 25.1 Å². The summed E-state index contributed by atoms with van der Waals surface area (Å²) in [5.74, 6) is 0.513. The summed E-state index contributed by atoms with van der Waals surface area (Å²) in [6.45, 7) is 2.80. The molecule has 1 fully saturated rings. The Bertz CT molecular complexity index is 586. The van der Waals surface area contributed by atoms with E-state index in [1.807, 2.05) is 4.90 Å². The molecule has 0 bridgehead atoms. The summed E-state index contributed by atoms with van der Waals surface area (Å²) in [5.41, 5.74) is 0.594. The third kappa shape index (κ3) is 3.68. The summed E-state index contributed by atoms with van der Waals surface area (Å²) < 4.78 is 5.79. The number of piperidine rings is 1. The van der Waals surface area contributed by atoms with Gasteiger partial charge in [0.1, 0.15) is 11.4 Å². The summed E-state index contributed by atoms with van der Waals surface area (Å²) in [5, 5.41) is 14.2. The van der Waals surface area contributed by atoms with Crippen LogP contribution in [0.3, 0.4) is 0 Å². The van der Waals surface area contributed by atoms with Gasteiger partial charge in [-0.15, -0.1) is 0 Å². The monoisotopic (exact) mass is 371 g/mol. The van der Waals surface area contributed by atoms with Crippen molar-refractivity contribution >= 4 is 33.2 Å². The third-order valence-corrected chi connectivity index (χ3v) is 4.31. The second-order valence-corrected chi connectivity index (χ2v) is 6.05. The first kappa shape index (κ1) is 16.5. The van der Waals surface area contributed by atoms with Crippen LogP contribution in [0.15, 0.2) is 16.6 Å². The van der Waals surface area contributed by atoms with E-state index < -0.39 is 0 Å². The number of carbonyl (C=O) groups is 1. The summed E-state index contributed by atoms with van der Waals surface area (Å²) in [7, 11) is 1.53. The molecule has 22 heavy (non-hydrogen) atoms. The van der Waals surface area contributed by atoms with Crippen LogP contribution >= 0.6 is 15.9 Å². The number of ether oxygens (including phenoxy) is 1. The van der Waals surface area contributed by atoms with Crippen LogP contribution in [0.4, 0.5) is 11.4 Å². The molecule has 7 nitrogen and oxygen atoms in total. The number of methoxy groups -OCH3 is 1. The fourth-order valence-electron chi connectivity index (χ4n) is 2.64. The number of rotatable bonds is 4. The van der Waals surface area contributed by atoms with Gasteiger partial charge in [-0.3, -0.25) is 14.9 Å². The Balaban J connectivity index is 2.22. The van der Waals surface area contributed by atoms with Crippen molar-refractivity contribution in [3.63, 3.8) is 0 Å². The van der Waals surface area contributed by atoms with E-state index in [1.54, 1.807) is 6.07 Å². The van der Waals surface area contributed by atoms with Gasteiger partial charge in [0.15, 0.2) is 0 Å².